The number of rotatable bonds is 6. The molecular weight excluding hydrogens is 380 g/mol. The van der Waals surface area contributed by atoms with Gasteiger partial charge in [0.15, 0.2) is 0 Å². The molecule has 1 aromatic heterocycles. The SMILES string of the molecule is COc1ccc(-c2cc(-c3cccc(OC)c3)c(-c3cccc(OC)c3)s2)cc1. The van der Waals surface area contributed by atoms with Crippen LogP contribution in [0.4, 0.5) is 0 Å². The molecule has 4 aromatic rings. The molecule has 4 rings (SSSR count). The van der Waals surface area contributed by atoms with Crippen LogP contribution >= 0.6 is 11.3 Å². The molecule has 0 amide bonds. The van der Waals surface area contributed by atoms with E-state index in [-0.39, 0.29) is 0 Å². The van der Waals surface area contributed by atoms with Crippen LogP contribution in [-0.2, 0) is 0 Å². The number of methoxy groups -OCH3 is 3. The van der Waals surface area contributed by atoms with Crippen LogP contribution in [0.25, 0.3) is 32.0 Å². The van der Waals surface area contributed by atoms with E-state index in [1.807, 2.05) is 36.4 Å². The normalized spacial score (nSPS) is 10.6. The van der Waals surface area contributed by atoms with Crippen molar-refractivity contribution in [1.82, 2.24) is 0 Å². The van der Waals surface area contributed by atoms with Gasteiger partial charge in [0.1, 0.15) is 17.2 Å². The lowest BCUT2D eigenvalue weighted by Crippen LogP contribution is -1.85. The fourth-order valence-corrected chi connectivity index (χ4v) is 4.45. The van der Waals surface area contributed by atoms with Crippen molar-refractivity contribution in [2.24, 2.45) is 0 Å². The van der Waals surface area contributed by atoms with Crippen LogP contribution in [0.2, 0.25) is 0 Å². The minimum atomic E-state index is 0.844. The molecule has 0 saturated heterocycles. The molecule has 0 aliphatic carbocycles. The molecule has 0 fully saturated rings. The van der Waals surface area contributed by atoms with Crippen molar-refractivity contribution in [2.45, 2.75) is 0 Å². The van der Waals surface area contributed by atoms with Gasteiger partial charge in [0.05, 0.1) is 21.3 Å². The van der Waals surface area contributed by atoms with Gasteiger partial charge in [-0.1, -0.05) is 24.3 Å². The van der Waals surface area contributed by atoms with Crippen molar-refractivity contribution < 1.29 is 14.2 Å². The Morgan fingerprint density at radius 3 is 1.76 bits per heavy atom. The van der Waals surface area contributed by atoms with Crippen molar-refractivity contribution in [3.05, 3.63) is 78.9 Å². The van der Waals surface area contributed by atoms with E-state index in [1.165, 1.54) is 15.3 Å². The molecule has 3 nitrogen and oxygen atoms in total. The van der Waals surface area contributed by atoms with Gasteiger partial charge in [-0.3, -0.25) is 0 Å². The second-order valence-electron chi connectivity index (χ2n) is 6.55. The van der Waals surface area contributed by atoms with E-state index in [0.717, 1.165) is 33.9 Å². The Bertz CT molecular complexity index is 1050. The Kier molecular flexibility index (Phi) is 5.54. The molecule has 0 aliphatic heterocycles. The lowest BCUT2D eigenvalue weighted by Gasteiger charge is -2.08. The molecule has 4 heteroatoms. The maximum absolute atomic E-state index is 5.45. The molecule has 0 spiro atoms. The van der Waals surface area contributed by atoms with E-state index in [0.29, 0.717) is 0 Å². The van der Waals surface area contributed by atoms with Gasteiger partial charge in [-0.15, -0.1) is 11.3 Å². The van der Waals surface area contributed by atoms with Gasteiger partial charge in [0.25, 0.3) is 0 Å². The molecular formula is C25H22O3S. The maximum atomic E-state index is 5.45. The monoisotopic (exact) mass is 402 g/mol. The molecule has 1 heterocycles. The fourth-order valence-electron chi connectivity index (χ4n) is 3.27. The molecule has 0 atom stereocenters. The summed E-state index contributed by atoms with van der Waals surface area (Å²) in [4.78, 5) is 2.39. The van der Waals surface area contributed by atoms with Crippen LogP contribution in [-0.4, -0.2) is 21.3 Å². The largest absolute Gasteiger partial charge is 0.497 e. The van der Waals surface area contributed by atoms with Crippen LogP contribution in [0.3, 0.4) is 0 Å². The molecule has 29 heavy (non-hydrogen) atoms. The Morgan fingerprint density at radius 1 is 0.552 bits per heavy atom. The minimum Gasteiger partial charge on any atom is -0.497 e. The van der Waals surface area contributed by atoms with E-state index >= 15 is 0 Å². The third-order valence-corrected chi connectivity index (χ3v) is 6.05. The predicted molar refractivity (Wildman–Crippen MR) is 120 cm³/mol. The van der Waals surface area contributed by atoms with Gasteiger partial charge in [0, 0.05) is 15.3 Å². The average Bonchev–Trinajstić information content (AvgIpc) is 3.25. The first kappa shape index (κ1) is 19.1. The van der Waals surface area contributed by atoms with E-state index in [2.05, 4.69) is 42.5 Å². The first-order valence-corrected chi connectivity index (χ1v) is 10.1. The van der Waals surface area contributed by atoms with Gasteiger partial charge in [0.2, 0.25) is 0 Å². The van der Waals surface area contributed by atoms with E-state index in [9.17, 15) is 0 Å². The molecule has 0 aliphatic rings. The molecule has 0 N–H and O–H groups in total. The smallest absolute Gasteiger partial charge is 0.119 e. The molecule has 0 saturated carbocycles. The second-order valence-corrected chi connectivity index (χ2v) is 7.60. The standard InChI is InChI=1S/C25H22O3S/c1-26-20-12-10-17(11-13-20)24-16-23(18-6-4-8-21(14-18)27-2)25(29-24)19-7-5-9-22(15-19)28-3/h4-16H,1-3H3. The zero-order valence-corrected chi connectivity index (χ0v) is 17.5. The highest BCUT2D eigenvalue weighted by molar-refractivity contribution is 7.19. The summed E-state index contributed by atoms with van der Waals surface area (Å²) in [5, 5.41) is 0. The van der Waals surface area contributed by atoms with Gasteiger partial charge < -0.3 is 14.2 Å². The van der Waals surface area contributed by atoms with E-state index in [1.54, 1.807) is 32.7 Å². The van der Waals surface area contributed by atoms with Gasteiger partial charge >= 0.3 is 0 Å². The summed E-state index contributed by atoms with van der Waals surface area (Å²) in [6.45, 7) is 0. The van der Waals surface area contributed by atoms with Crippen molar-refractivity contribution >= 4 is 11.3 Å². The highest BCUT2D eigenvalue weighted by Gasteiger charge is 2.15. The van der Waals surface area contributed by atoms with E-state index < -0.39 is 0 Å². The summed E-state index contributed by atoms with van der Waals surface area (Å²) in [6, 6.07) is 26.8. The molecule has 0 bridgehead atoms. The minimum absolute atomic E-state index is 0.844. The quantitative estimate of drug-likeness (QED) is 0.356. The van der Waals surface area contributed by atoms with E-state index in [4.69, 9.17) is 14.2 Å². The number of benzene rings is 3. The highest BCUT2D eigenvalue weighted by Crippen LogP contribution is 2.44. The number of hydrogen-bond acceptors (Lipinski definition) is 4. The van der Waals surface area contributed by atoms with Gasteiger partial charge in [-0.2, -0.15) is 0 Å². The van der Waals surface area contributed by atoms with Crippen LogP contribution < -0.4 is 14.2 Å². The molecule has 0 unspecified atom stereocenters. The summed E-state index contributed by atoms with van der Waals surface area (Å²) in [6.07, 6.45) is 0. The molecule has 0 radical (unpaired) electrons. The zero-order chi connectivity index (χ0) is 20.2. The third-order valence-electron chi connectivity index (χ3n) is 4.82. The van der Waals surface area contributed by atoms with Crippen LogP contribution in [0.15, 0.2) is 78.9 Å². The van der Waals surface area contributed by atoms with Crippen LogP contribution in [0.5, 0.6) is 17.2 Å². The summed E-state index contributed by atoms with van der Waals surface area (Å²) < 4.78 is 16.2. The van der Waals surface area contributed by atoms with Gasteiger partial charge in [-0.05, 0) is 71.3 Å². The van der Waals surface area contributed by atoms with Crippen molar-refractivity contribution in [1.29, 1.82) is 0 Å². The third kappa shape index (κ3) is 3.98. The second kappa shape index (κ2) is 8.41. The van der Waals surface area contributed by atoms with Crippen molar-refractivity contribution in [3.8, 4) is 49.3 Å². The Labute approximate surface area is 175 Å². The summed E-state index contributed by atoms with van der Waals surface area (Å²) in [5.41, 5.74) is 4.59. The van der Waals surface area contributed by atoms with Crippen molar-refractivity contribution in [2.75, 3.05) is 21.3 Å². The van der Waals surface area contributed by atoms with Crippen LogP contribution in [0, 0.1) is 0 Å². The number of ether oxygens (including phenoxy) is 3. The lowest BCUT2D eigenvalue weighted by molar-refractivity contribution is 0.415. The average molecular weight is 403 g/mol. The fraction of sp³-hybridized carbons (Fsp3) is 0.120. The molecule has 3 aromatic carbocycles. The number of thiophene rings is 1. The Morgan fingerprint density at radius 2 is 1.14 bits per heavy atom. The van der Waals surface area contributed by atoms with Crippen molar-refractivity contribution in [3.63, 3.8) is 0 Å². The Hall–Kier alpha value is -3.24. The zero-order valence-electron chi connectivity index (χ0n) is 16.6. The Balaban J connectivity index is 1.87. The molecule has 146 valence electrons. The predicted octanol–water partition coefficient (Wildman–Crippen LogP) is 6.77. The maximum Gasteiger partial charge on any atom is 0.119 e. The van der Waals surface area contributed by atoms with Crippen LogP contribution in [0.1, 0.15) is 0 Å². The topological polar surface area (TPSA) is 27.7 Å². The summed E-state index contributed by atoms with van der Waals surface area (Å²) in [7, 11) is 5.07. The summed E-state index contributed by atoms with van der Waals surface area (Å²) in [5.74, 6) is 2.54. The first-order valence-electron chi connectivity index (χ1n) is 9.29. The first-order chi connectivity index (χ1) is 14.2. The lowest BCUT2D eigenvalue weighted by atomic mass is 10.0. The highest BCUT2D eigenvalue weighted by atomic mass is 32.1. The summed E-state index contributed by atoms with van der Waals surface area (Å²) >= 11 is 1.77. The van der Waals surface area contributed by atoms with Gasteiger partial charge in [-0.25, -0.2) is 0 Å². The number of hydrogen-bond donors (Lipinski definition) is 0.